The van der Waals surface area contributed by atoms with Crippen LogP contribution in [0, 0.1) is 11.7 Å². The number of fused-ring (bicyclic) bond motifs is 4. The van der Waals surface area contributed by atoms with Crippen LogP contribution < -0.4 is 15.4 Å². The SMILES string of the molecule is C=CC(=O)NCCNc1nc(OC[C@@H]2CCCN2C)nc2c(F)c(-c3cccc4c3CC3CC43)ccc12. The molecule has 1 aliphatic heterocycles. The maximum absolute atomic E-state index is 16.2. The lowest BCUT2D eigenvalue weighted by atomic mass is 9.93. The molecule has 7 nitrogen and oxygen atoms in total. The van der Waals surface area contributed by atoms with Crippen molar-refractivity contribution < 1.29 is 13.9 Å². The van der Waals surface area contributed by atoms with Gasteiger partial charge in [-0.3, -0.25) is 4.79 Å². The minimum atomic E-state index is -0.361. The molecule has 3 atom stereocenters. The van der Waals surface area contributed by atoms with Crippen molar-refractivity contribution in [3.05, 3.63) is 59.9 Å². The molecule has 2 N–H and O–H groups in total. The Morgan fingerprint density at radius 2 is 2.14 bits per heavy atom. The molecule has 2 fully saturated rings. The fraction of sp³-hybridized carbons (Fsp3) is 0.414. The summed E-state index contributed by atoms with van der Waals surface area (Å²) in [6.07, 6.45) is 5.69. The van der Waals surface area contributed by atoms with Gasteiger partial charge in [0, 0.05) is 30.1 Å². The number of likely N-dealkylation sites (N-methyl/N-ethyl adjacent to an activating group) is 1. The van der Waals surface area contributed by atoms with Gasteiger partial charge in [0.1, 0.15) is 17.9 Å². The minimum absolute atomic E-state index is 0.154. The van der Waals surface area contributed by atoms with Crippen LogP contribution in [-0.2, 0) is 11.2 Å². The number of hydrogen-bond acceptors (Lipinski definition) is 6. The van der Waals surface area contributed by atoms with Crippen LogP contribution in [-0.4, -0.2) is 60.1 Å². The predicted octanol–water partition coefficient (Wildman–Crippen LogP) is 4.28. The Morgan fingerprint density at radius 3 is 2.95 bits per heavy atom. The third kappa shape index (κ3) is 4.55. The standard InChI is InChI=1S/C29H32FN5O2/c1-3-25(36)31-11-12-32-28-22-10-9-21(19-7-4-8-20-23-14-17(23)15-24(19)20)26(30)27(22)33-29(34-28)37-16-18-6-5-13-35(18)2/h3-4,7-10,17-18,23H,1,5-6,11-16H2,2H3,(H,31,36)(H,32,33,34)/t17?,18-,23?/m0/s1. The molecular formula is C29H32FN5O2. The first-order valence-electron chi connectivity index (χ1n) is 13.1. The predicted molar refractivity (Wildman–Crippen MR) is 142 cm³/mol. The van der Waals surface area contributed by atoms with Crippen molar-refractivity contribution >= 4 is 22.6 Å². The van der Waals surface area contributed by atoms with E-state index in [4.69, 9.17) is 4.74 Å². The zero-order valence-electron chi connectivity index (χ0n) is 21.1. The Hall–Kier alpha value is -3.52. The Bertz CT molecular complexity index is 1380. The molecule has 1 saturated heterocycles. The lowest BCUT2D eigenvalue weighted by Crippen LogP contribution is -2.31. The molecule has 8 heteroatoms. The van der Waals surface area contributed by atoms with Crippen LogP contribution >= 0.6 is 0 Å². The fourth-order valence-electron chi connectivity index (χ4n) is 5.90. The van der Waals surface area contributed by atoms with Crippen molar-refractivity contribution in [2.75, 3.05) is 38.6 Å². The molecule has 3 aromatic rings. The van der Waals surface area contributed by atoms with E-state index in [1.165, 1.54) is 23.6 Å². The van der Waals surface area contributed by atoms with Gasteiger partial charge in [0.05, 0.1) is 0 Å². The Labute approximate surface area is 216 Å². The first kappa shape index (κ1) is 23.9. The van der Waals surface area contributed by atoms with E-state index >= 15 is 4.39 Å². The number of anilines is 1. The van der Waals surface area contributed by atoms with Crippen molar-refractivity contribution in [1.82, 2.24) is 20.2 Å². The van der Waals surface area contributed by atoms with Gasteiger partial charge in [-0.25, -0.2) is 4.39 Å². The zero-order valence-corrected chi connectivity index (χ0v) is 21.1. The Kier molecular flexibility index (Phi) is 6.28. The summed E-state index contributed by atoms with van der Waals surface area (Å²) in [6.45, 7) is 5.74. The molecule has 6 rings (SSSR count). The van der Waals surface area contributed by atoms with Crippen LogP contribution in [0.3, 0.4) is 0 Å². The van der Waals surface area contributed by atoms with Gasteiger partial charge in [0.25, 0.3) is 0 Å². The normalized spacial score (nSPS) is 21.9. The molecule has 0 spiro atoms. The summed E-state index contributed by atoms with van der Waals surface area (Å²) in [5.74, 6) is 1.24. The molecule has 37 heavy (non-hydrogen) atoms. The first-order valence-corrected chi connectivity index (χ1v) is 13.1. The number of carbonyl (C=O) groups is 1. The number of hydrogen-bond donors (Lipinski definition) is 2. The molecule has 1 aromatic heterocycles. The number of rotatable bonds is 9. The molecule has 2 aliphatic carbocycles. The second kappa shape index (κ2) is 9.74. The monoisotopic (exact) mass is 501 g/mol. The van der Waals surface area contributed by atoms with Gasteiger partial charge in [-0.05, 0) is 79.9 Å². The number of benzene rings is 2. The first-order chi connectivity index (χ1) is 18.0. The number of halogens is 1. The second-order valence-corrected chi connectivity index (χ2v) is 10.4. The van der Waals surface area contributed by atoms with Gasteiger partial charge in [-0.2, -0.15) is 9.97 Å². The van der Waals surface area contributed by atoms with E-state index in [9.17, 15) is 4.79 Å². The maximum Gasteiger partial charge on any atom is 0.319 e. The number of aromatic nitrogens is 2. The number of nitrogens with one attached hydrogen (secondary N) is 2. The van der Waals surface area contributed by atoms with Crippen molar-refractivity contribution in [3.8, 4) is 17.1 Å². The van der Waals surface area contributed by atoms with Crippen LogP contribution in [0.5, 0.6) is 6.01 Å². The third-order valence-electron chi connectivity index (χ3n) is 8.06. The molecule has 0 bridgehead atoms. The van der Waals surface area contributed by atoms with Gasteiger partial charge >= 0.3 is 6.01 Å². The van der Waals surface area contributed by atoms with Crippen molar-refractivity contribution in [2.45, 2.75) is 37.6 Å². The van der Waals surface area contributed by atoms with Gasteiger partial charge in [-0.1, -0.05) is 30.8 Å². The summed E-state index contributed by atoms with van der Waals surface area (Å²) in [5.41, 5.74) is 4.40. The van der Waals surface area contributed by atoms with Crippen molar-refractivity contribution in [3.63, 3.8) is 0 Å². The third-order valence-corrected chi connectivity index (χ3v) is 8.06. The van der Waals surface area contributed by atoms with E-state index in [1.807, 2.05) is 24.3 Å². The molecule has 2 heterocycles. The number of amides is 1. The summed E-state index contributed by atoms with van der Waals surface area (Å²) in [5, 5.41) is 6.54. The van der Waals surface area contributed by atoms with Gasteiger partial charge < -0.3 is 20.3 Å². The smallest absolute Gasteiger partial charge is 0.319 e. The molecule has 3 aliphatic rings. The van der Waals surface area contributed by atoms with E-state index in [1.54, 1.807) is 0 Å². The van der Waals surface area contributed by atoms with E-state index in [2.05, 4.69) is 45.2 Å². The highest BCUT2D eigenvalue weighted by Crippen LogP contribution is 2.58. The topological polar surface area (TPSA) is 79.4 Å². The number of likely N-dealkylation sites (tertiary alicyclic amines) is 1. The lowest BCUT2D eigenvalue weighted by molar-refractivity contribution is -0.116. The lowest BCUT2D eigenvalue weighted by Gasteiger charge is -2.19. The summed E-state index contributed by atoms with van der Waals surface area (Å²) < 4.78 is 22.2. The van der Waals surface area contributed by atoms with Gasteiger partial charge in [0.2, 0.25) is 5.91 Å². The van der Waals surface area contributed by atoms with Crippen LogP contribution in [0.2, 0.25) is 0 Å². The van der Waals surface area contributed by atoms with Crippen LogP contribution in [0.4, 0.5) is 10.2 Å². The molecule has 1 amide bonds. The Balaban J connectivity index is 1.34. The van der Waals surface area contributed by atoms with Gasteiger partial charge in [0.15, 0.2) is 5.82 Å². The molecule has 1 saturated carbocycles. The second-order valence-electron chi connectivity index (χ2n) is 10.4. The number of ether oxygens (including phenoxy) is 1. The minimum Gasteiger partial charge on any atom is -0.462 e. The molecule has 2 unspecified atom stereocenters. The van der Waals surface area contributed by atoms with E-state index in [0.29, 0.717) is 54.3 Å². The average Bonchev–Trinajstić information content (AvgIpc) is 3.40. The largest absolute Gasteiger partial charge is 0.462 e. The van der Waals surface area contributed by atoms with E-state index < -0.39 is 0 Å². The summed E-state index contributed by atoms with van der Waals surface area (Å²) >= 11 is 0. The summed E-state index contributed by atoms with van der Waals surface area (Å²) in [6, 6.07) is 10.4. The molecule has 2 aromatic carbocycles. The van der Waals surface area contributed by atoms with Gasteiger partial charge in [-0.15, -0.1) is 0 Å². The highest BCUT2D eigenvalue weighted by atomic mass is 19.1. The fourth-order valence-corrected chi connectivity index (χ4v) is 5.90. The van der Waals surface area contributed by atoms with Crippen LogP contribution in [0.15, 0.2) is 43.0 Å². The zero-order chi connectivity index (χ0) is 25.5. The summed E-state index contributed by atoms with van der Waals surface area (Å²) in [7, 11) is 2.08. The molecule has 192 valence electrons. The van der Waals surface area contributed by atoms with Crippen LogP contribution in [0.25, 0.3) is 22.0 Å². The number of carbonyl (C=O) groups excluding carboxylic acids is 1. The van der Waals surface area contributed by atoms with Crippen molar-refractivity contribution in [2.24, 2.45) is 5.92 Å². The highest BCUT2D eigenvalue weighted by Gasteiger charge is 2.45. The van der Waals surface area contributed by atoms with Crippen molar-refractivity contribution in [1.29, 1.82) is 0 Å². The maximum atomic E-state index is 16.2. The number of nitrogens with zero attached hydrogens (tertiary/aromatic N) is 3. The molecule has 0 radical (unpaired) electrons. The quantitative estimate of drug-likeness (QED) is 0.337. The average molecular weight is 502 g/mol. The van der Waals surface area contributed by atoms with Crippen LogP contribution in [0.1, 0.15) is 36.3 Å². The molecular weight excluding hydrogens is 469 g/mol. The summed E-state index contributed by atoms with van der Waals surface area (Å²) in [4.78, 5) is 22.9. The van der Waals surface area contributed by atoms with E-state index in [-0.39, 0.29) is 23.3 Å². The van der Waals surface area contributed by atoms with E-state index in [0.717, 1.165) is 31.4 Å². The Morgan fingerprint density at radius 1 is 1.24 bits per heavy atom. The highest BCUT2D eigenvalue weighted by molar-refractivity contribution is 5.93.